The average molecular weight is 242 g/mol. The van der Waals surface area contributed by atoms with Crippen LogP contribution in [0.5, 0.6) is 0 Å². The van der Waals surface area contributed by atoms with Gasteiger partial charge in [-0.15, -0.1) is 0 Å². The summed E-state index contributed by atoms with van der Waals surface area (Å²) in [4.78, 5) is 0. The first kappa shape index (κ1) is 11.5. The summed E-state index contributed by atoms with van der Waals surface area (Å²) in [7, 11) is -3.61. The van der Waals surface area contributed by atoms with E-state index in [1.807, 2.05) is 30.3 Å². The summed E-state index contributed by atoms with van der Waals surface area (Å²) in [6.07, 6.45) is -0.228. The molecule has 0 bridgehead atoms. The second-order valence-electron chi connectivity index (χ2n) is 3.67. The van der Waals surface area contributed by atoms with Crippen molar-refractivity contribution < 1.29 is 13.2 Å². The Balaban J connectivity index is 2.14. The number of hydrogen-bond donors (Lipinski definition) is 1. The molecule has 16 heavy (non-hydrogen) atoms. The fraction of sp³-hybridized carbons (Fsp3) is 0.400. The molecule has 0 aromatic heterocycles. The Bertz CT molecular complexity index is 446. The highest BCUT2D eigenvalue weighted by Crippen LogP contribution is 2.22. The summed E-state index contributed by atoms with van der Waals surface area (Å²) in [5, 5.41) is 5.09. The van der Waals surface area contributed by atoms with E-state index in [0.29, 0.717) is 13.2 Å². The Labute approximate surface area is 95.0 Å². The second-order valence-corrected chi connectivity index (χ2v) is 5.22. The third-order valence-electron chi connectivity index (χ3n) is 2.56. The van der Waals surface area contributed by atoms with Gasteiger partial charge in [-0.25, -0.2) is 5.14 Å². The Morgan fingerprint density at radius 2 is 2.00 bits per heavy atom. The molecule has 1 saturated heterocycles. The molecule has 1 aromatic rings. The fourth-order valence-electron chi connectivity index (χ4n) is 1.73. The number of benzene rings is 1. The third kappa shape index (κ3) is 2.59. The Kier molecular flexibility index (Phi) is 3.25. The van der Waals surface area contributed by atoms with Crippen LogP contribution < -0.4 is 5.14 Å². The number of nitrogens with zero attached hydrogens (tertiary/aromatic N) is 1. The molecule has 0 spiro atoms. The van der Waals surface area contributed by atoms with E-state index >= 15 is 0 Å². The number of nitrogens with two attached hydrogens (primary N) is 1. The van der Waals surface area contributed by atoms with E-state index in [0.717, 1.165) is 5.56 Å². The van der Waals surface area contributed by atoms with Crippen LogP contribution in [0.4, 0.5) is 0 Å². The van der Waals surface area contributed by atoms with Gasteiger partial charge < -0.3 is 4.74 Å². The molecule has 0 aliphatic carbocycles. The Hall–Kier alpha value is -0.950. The van der Waals surface area contributed by atoms with Crippen LogP contribution in [0, 0.1) is 0 Å². The van der Waals surface area contributed by atoms with Crippen molar-refractivity contribution in [3.8, 4) is 0 Å². The number of ether oxygens (including phenoxy) is 1. The topological polar surface area (TPSA) is 72.6 Å². The molecule has 1 aliphatic heterocycles. The lowest BCUT2D eigenvalue weighted by Gasteiger charge is -2.30. The van der Waals surface area contributed by atoms with Gasteiger partial charge in [0.2, 0.25) is 0 Å². The van der Waals surface area contributed by atoms with Gasteiger partial charge in [0.1, 0.15) is 0 Å². The van der Waals surface area contributed by atoms with Gasteiger partial charge >= 0.3 is 0 Å². The first-order valence-corrected chi connectivity index (χ1v) is 6.52. The van der Waals surface area contributed by atoms with E-state index in [2.05, 4.69) is 0 Å². The molecule has 2 rings (SSSR count). The lowest BCUT2D eigenvalue weighted by Crippen LogP contribution is -2.45. The van der Waals surface area contributed by atoms with Gasteiger partial charge in [-0.3, -0.25) is 0 Å². The van der Waals surface area contributed by atoms with Gasteiger partial charge in [0, 0.05) is 13.1 Å². The maximum atomic E-state index is 11.2. The summed E-state index contributed by atoms with van der Waals surface area (Å²) in [6.45, 7) is 0.973. The van der Waals surface area contributed by atoms with Gasteiger partial charge in [-0.1, -0.05) is 30.3 Å². The van der Waals surface area contributed by atoms with Crippen molar-refractivity contribution in [2.75, 3.05) is 19.7 Å². The molecule has 0 radical (unpaired) electrons. The lowest BCUT2D eigenvalue weighted by atomic mass is 10.1. The van der Waals surface area contributed by atoms with Crippen LogP contribution in [0.2, 0.25) is 0 Å². The van der Waals surface area contributed by atoms with E-state index < -0.39 is 10.2 Å². The standard InChI is InChI=1S/C10H14N2O3S/c11-16(13,14)12-6-7-15-10(8-12)9-4-2-1-3-5-9/h1-5,10H,6-8H2,(H2,11,13,14). The zero-order valence-corrected chi connectivity index (χ0v) is 9.56. The van der Waals surface area contributed by atoms with Gasteiger partial charge in [-0.05, 0) is 5.56 Å². The first-order chi connectivity index (χ1) is 7.57. The molecule has 6 heteroatoms. The maximum Gasteiger partial charge on any atom is 0.277 e. The van der Waals surface area contributed by atoms with Gasteiger partial charge in [-0.2, -0.15) is 12.7 Å². The van der Waals surface area contributed by atoms with Crippen LogP contribution >= 0.6 is 0 Å². The molecule has 0 saturated carbocycles. The molecular formula is C10H14N2O3S. The van der Waals surface area contributed by atoms with Crippen molar-refractivity contribution in [3.05, 3.63) is 35.9 Å². The average Bonchev–Trinajstić information content (AvgIpc) is 2.29. The highest BCUT2D eigenvalue weighted by molar-refractivity contribution is 7.86. The molecule has 1 fully saturated rings. The third-order valence-corrected chi connectivity index (χ3v) is 3.61. The maximum absolute atomic E-state index is 11.2. The molecule has 1 heterocycles. The van der Waals surface area contributed by atoms with Crippen molar-refractivity contribution in [2.24, 2.45) is 5.14 Å². The first-order valence-electron chi connectivity index (χ1n) is 5.02. The minimum atomic E-state index is -3.61. The van der Waals surface area contributed by atoms with Crippen LogP contribution in [0.3, 0.4) is 0 Å². The van der Waals surface area contributed by atoms with Crippen LogP contribution in [-0.4, -0.2) is 32.4 Å². The second kappa shape index (κ2) is 4.50. The smallest absolute Gasteiger partial charge is 0.277 e. The number of hydrogen-bond acceptors (Lipinski definition) is 3. The minimum Gasteiger partial charge on any atom is -0.371 e. The molecule has 1 atom stereocenters. The zero-order chi connectivity index (χ0) is 11.6. The van der Waals surface area contributed by atoms with E-state index in [-0.39, 0.29) is 12.6 Å². The van der Waals surface area contributed by atoms with E-state index in [1.54, 1.807) is 0 Å². The van der Waals surface area contributed by atoms with Crippen molar-refractivity contribution in [3.63, 3.8) is 0 Å². The molecule has 0 amide bonds. The monoisotopic (exact) mass is 242 g/mol. The summed E-state index contributed by atoms with van der Waals surface area (Å²) in [5.74, 6) is 0. The van der Waals surface area contributed by atoms with Crippen molar-refractivity contribution in [1.82, 2.24) is 4.31 Å². The van der Waals surface area contributed by atoms with Crippen molar-refractivity contribution >= 4 is 10.2 Å². The van der Waals surface area contributed by atoms with Crippen molar-refractivity contribution in [1.29, 1.82) is 0 Å². The molecule has 1 aliphatic rings. The Morgan fingerprint density at radius 1 is 1.31 bits per heavy atom. The summed E-state index contributed by atoms with van der Waals surface area (Å²) >= 11 is 0. The zero-order valence-electron chi connectivity index (χ0n) is 8.74. The lowest BCUT2D eigenvalue weighted by molar-refractivity contribution is -0.00254. The molecular weight excluding hydrogens is 228 g/mol. The molecule has 88 valence electrons. The van der Waals surface area contributed by atoms with E-state index in [9.17, 15) is 8.42 Å². The Morgan fingerprint density at radius 3 is 2.62 bits per heavy atom. The summed E-state index contributed by atoms with van der Waals surface area (Å²) < 4.78 is 29.2. The minimum absolute atomic E-state index is 0.228. The number of morpholine rings is 1. The normalized spacial score (nSPS) is 23.2. The van der Waals surface area contributed by atoms with Gasteiger partial charge in [0.15, 0.2) is 0 Å². The highest BCUT2D eigenvalue weighted by Gasteiger charge is 2.27. The van der Waals surface area contributed by atoms with E-state index in [1.165, 1.54) is 4.31 Å². The highest BCUT2D eigenvalue weighted by atomic mass is 32.2. The molecule has 2 N–H and O–H groups in total. The summed E-state index contributed by atoms with van der Waals surface area (Å²) in [5.41, 5.74) is 0.968. The van der Waals surface area contributed by atoms with Gasteiger partial charge in [0.05, 0.1) is 12.7 Å². The SMILES string of the molecule is NS(=O)(=O)N1CCOC(c2ccccc2)C1. The predicted molar refractivity (Wildman–Crippen MR) is 59.8 cm³/mol. The quantitative estimate of drug-likeness (QED) is 0.808. The molecule has 5 nitrogen and oxygen atoms in total. The van der Waals surface area contributed by atoms with Crippen LogP contribution in [-0.2, 0) is 14.9 Å². The van der Waals surface area contributed by atoms with Gasteiger partial charge in [0.25, 0.3) is 10.2 Å². The largest absolute Gasteiger partial charge is 0.371 e. The van der Waals surface area contributed by atoms with Crippen LogP contribution in [0.25, 0.3) is 0 Å². The van der Waals surface area contributed by atoms with Crippen LogP contribution in [0.1, 0.15) is 11.7 Å². The molecule has 1 unspecified atom stereocenters. The number of rotatable bonds is 2. The van der Waals surface area contributed by atoms with Crippen LogP contribution in [0.15, 0.2) is 30.3 Å². The molecule has 1 aromatic carbocycles. The summed E-state index contributed by atoms with van der Waals surface area (Å²) in [6, 6.07) is 9.53. The fourth-order valence-corrected chi connectivity index (χ4v) is 2.40. The van der Waals surface area contributed by atoms with Crippen molar-refractivity contribution in [2.45, 2.75) is 6.10 Å². The predicted octanol–water partition coefficient (Wildman–Crippen LogP) is 0.263. The van der Waals surface area contributed by atoms with E-state index in [4.69, 9.17) is 9.88 Å².